The van der Waals surface area contributed by atoms with E-state index in [1.54, 1.807) is 7.11 Å². The molecule has 1 aromatic rings. The van der Waals surface area contributed by atoms with Crippen molar-refractivity contribution in [1.82, 2.24) is 5.32 Å². The second-order valence-corrected chi connectivity index (χ2v) is 4.16. The second kappa shape index (κ2) is 8.82. The van der Waals surface area contributed by atoms with Gasteiger partial charge in [-0.1, -0.05) is 11.6 Å². The van der Waals surface area contributed by atoms with E-state index >= 15 is 0 Å². The van der Waals surface area contributed by atoms with Gasteiger partial charge in [-0.3, -0.25) is 0 Å². The van der Waals surface area contributed by atoms with Crippen molar-refractivity contribution < 1.29 is 9.47 Å². The average molecular weight is 268 g/mol. The highest BCUT2D eigenvalue weighted by Crippen LogP contribution is 2.22. The quantitative estimate of drug-likeness (QED) is 0.580. The SMILES string of the molecule is C#CCCOc1ccc(Cl)cc1CNCCOC. The summed E-state index contributed by atoms with van der Waals surface area (Å²) in [5, 5.41) is 3.95. The van der Waals surface area contributed by atoms with Crippen molar-refractivity contribution >= 4 is 11.6 Å². The smallest absolute Gasteiger partial charge is 0.123 e. The fourth-order valence-corrected chi connectivity index (χ4v) is 1.64. The number of hydrogen-bond acceptors (Lipinski definition) is 3. The molecular weight excluding hydrogens is 250 g/mol. The van der Waals surface area contributed by atoms with Gasteiger partial charge in [0.1, 0.15) is 5.75 Å². The highest BCUT2D eigenvalue weighted by atomic mass is 35.5. The molecule has 0 spiro atoms. The van der Waals surface area contributed by atoms with Crippen molar-refractivity contribution in [2.24, 2.45) is 0 Å². The summed E-state index contributed by atoms with van der Waals surface area (Å²) in [7, 11) is 1.68. The van der Waals surface area contributed by atoms with E-state index in [1.807, 2.05) is 18.2 Å². The Morgan fingerprint density at radius 3 is 2.94 bits per heavy atom. The van der Waals surface area contributed by atoms with Gasteiger partial charge in [-0.25, -0.2) is 0 Å². The highest BCUT2D eigenvalue weighted by molar-refractivity contribution is 6.30. The van der Waals surface area contributed by atoms with Gasteiger partial charge in [-0.2, -0.15) is 0 Å². The van der Waals surface area contributed by atoms with Crippen molar-refractivity contribution in [1.29, 1.82) is 0 Å². The standard InChI is InChI=1S/C14H18ClNO2/c1-3-4-8-18-14-6-5-13(15)10-12(14)11-16-7-9-17-2/h1,5-6,10,16H,4,7-9,11H2,2H3. The maximum Gasteiger partial charge on any atom is 0.123 e. The van der Waals surface area contributed by atoms with Crippen molar-refractivity contribution in [3.05, 3.63) is 28.8 Å². The first-order valence-corrected chi connectivity index (χ1v) is 6.20. The van der Waals surface area contributed by atoms with Crippen molar-refractivity contribution in [3.63, 3.8) is 0 Å². The molecular formula is C14H18ClNO2. The van der Waals surface area contributed by atoms with E-state index < -0.39 is 0 Å². The Morgan fingerprint density at radius 1 is 1.39 bits per heavy atom. The lowest BCUT2D eigenvalue weighted by Gasteiger charge is -2.12. The first kappa shape index (κ1) is 14.8. The number of rotatable bonds is 8. The number of benzene rings is 1. The first-order chi connectivity index (χ1) is 8.77. The molecule has 0 aliphatic carbocycles. The minimum absolute atomic E-state index is 0.517. The first-order valence-electron chi connectivity index (χ1n) is 5.82. The maximum absolute atomic E-state index is 5.98. The van der Waals surface area contributed by atoms with Gasteiger partial charge in [0.15, 0.2) is 0 Å². The van der Waals surface area contributed by atoms with Crippen LogP contribution in [0.2, 0.25) is 5.02 Å². The highest BCUT2D eigenvalue weighted by Gasteiger charge is 2.04. The number of halogens is 1. The molecule has 0 amide bonds. The number of methoxy groups -OCH3 is 1. The van der Waals surface area contributed by atoms with Gasteiger partial charge < -0.3 is 14.8 Å². The van der Waals surface area contributed by atoms with Crippen LogP contribution in [0.15, 0.2) is 18.2 Å². The van der Waals surface area contributed by atoms with Crippen LogP contribution < -0.4 is 10.1 Å². The molecule has 0 heterocycles. The number of ether oxygens (including phenoxy) is 2. The molecule has 0 aromatic heterocycles. The lowest BCUT2D eigenvalue weighted by atomic mass is 10.2. The lowest BCUT2D eigenvalue weighted by molar-refractivity contribution is 0.199. The maximum atomic E-state index is 5.98. The summed E-state index contributed by atoms with van der Waals surface area (Å²) in [4.78, 5) is 0. The predicted octanol–water partition coefficient (Wildman–Crippen LogP) is 2.48. The Hall–Kier alpha value is -1.21. The van der Waals surface area contributed by atoms with Gasteiger partial charge in [0.05, 0.1) is 13.2 Å². The zero-order valence-electron chi connectivity index (χ0n) is 10.5. The number of terminal acetylenes is 1. The third-order valence-corrected chi connectivity index (χ3v) is 2.56. The van der Waals surface area contributed by atoms with E-state index in [-0.39, 0.29) is 0 Å². The Balaban J connectivity index is 2.56. The fourth-order valence-electron chi connectivity index (χ4n) is 1.44. The second-order valence-electron chi connectivity index (χ2n) is 3.72. The van der Waals surface area contributed by atoms with Crippen LogP contribution in [0.25, 0.3) is 0 Å². The van der Waals surface area contributed by atoms with Gasteiger partial charge in [-0.15, -0.1) is 12.3 Å². The third kappa shape index (κ3) is 5.42. The van der Waals surface area contributed by atoms with Crippen molar-refractivity contribution in [3.8, 4) is 18.1 Å². The summed E-state index contributed by atoms with van der Waals surface area (Å²) in [6.07, 6.45) is 5.79. The molecule has 1 N–H and O–H groups in total. The topological polar surface area (TPSA) is 30.5 Å². The van der Waals surface area contributed by atoms with E-state index in [0.717, 1.165) is 17.9 Å². The van der Waals surface area contributed by atoms with Crippen LogP contribution in [-0.4, -0.2) is 26.9 Å². The van der Waals surface area contributed by atoms with Crippen LogP contribution in [0, 0.1) is 12.3 Å². The zero-order chi connectivity index (χ0) is 13.2. The van der Waals surface area contributed by atoms with Gasteiger partial charge >= 0.3 is 0 Å². The minimum Gasteiger partial charge on any atom is -0.492 e. The molecule has 0 fully saturated rings. The summed E-state index contributed by atoms with van der Waals surface area (Å²) >= 11 is 5.98. The predicted molar refractivity (Wildman–Crippen MR) is 74.0 cm³/mol. The molecule has 0 radical (unpaired) electrons. The Morgan fingerprint density at radius 2 is 2.22 bits per heavy atom. The Bertz CT molecular complexity index is 401. The van der Waals surface area contributed by atoms with E-state index in [2.05, 4.69) is 11.2 Å². The summed E-state index contributed by atoms with van der Waals surface area (Å²) in [6.45, 7) is 2.67. The van der Waals surface area contributed by atoms with Gasteiger partial charge in [-0.05, 0) is 18.2 Å². The van der Waals surface area contributed by atoms with Crippen LogP contribution in [0.1, 0.15) is 12.0 Å². The van der Waals surface area contributed by atoms with Crippen molar-refractivity contribution in [2.45, 2.75) is 13.0 Å². The minimum atomic E-state index is 0.517. The van der Waals surface area contributed by atoms with E-state index in [1.165, 1.54) is 0 Å². The molecule has 4 heteroatoms. The molecule has 0 saturated heterocycles. The Kier molecular flexibility index (Phi) is 7.28. The molecule has 18 heavy (non-hydrogen) atoms. The van der Waals surface area contributed by atoms with Crippen LogP contribution in [-0.2, 0) is 11.3 Å². The fraction of sp³-hybridized carbons (Fsp3) is 0.429. The summed E-state index contributed by atoms with van der Waals surface area (Å²) in [6, 6.07) is 5.57. The summed E-state index contributed by atoms with van der Waals surface area (Å²) < 4.78 is 10.6. The molecule has 0 unspecified atom stereocenters. The van der Waals surface area contributed by atoms with Crippen LogP contribution in [0.5, 0.6) is 5.75 Å². The lowest BCUT2D eigenvalue weighted by Crippen LogP contribution is -2.19. The van der Waals surface area contributed by atoms with Crippen LogP contribution >= 0.6 is 11.6 Å². The number of hydrogen-bond donors (Lipinski definition) is 1. The molecule has 0 saturated carbocycles. The average Bonchev–Trinajstić information content (AvgIpc) is 2.37. The Labute approximate surface area is 113 Å². The van der Waals surface area contributed by atoms with E-state index in [0.29, 0.717) is 31.2 Å². The van der Waals surface area contributed by atoms with Crippen LogP contribution in [0.3, 0.4) is 0 Å². The monoisotopic (exact) mass is 267 g/mol. The van der Waals surface area contributed by atoms with E-state index in [9.17, 15) is 0 Å². The van der Waals surface area contributed by atoms with Gasteiger partial charge in [0, 0.05) is 37.2 Å². The number of nitrogens with one attached hydrogen (secondary N) is 1. The van der Waals surface area contributed by atoms with Gasteiger partial charge in [0.2, 0.25) is 0 Å². The molecule has 0 aliphatic rings. The molecule has 0 bridgehead atoms. The van der Waals surface area contributed by atoms with Gasteiger partial charge in [0.25, 0.3) is 0 Å². The molecule has 1 aromatic carbocycles. The van der Waals surface area contributed by atoms with Crippen LogP contribution in [0.4, 0.5) is 0 Å². The normalized spacial score (nSPS) is 10.1. The van der Waals surface area contributed by atoms with Crippen molar-refractivity contribution in [2.75, 3.05) is 26.9 Å². The largest absolute Gasteiger partial charge is 0.492 e. The molecule has 0 aliphatic heterocycles. The van der Waals surface area contributed by atoms with E-state index in [4.69, 9.17) is 27.5 Å². The molecule has 1 rings (SSSR count). The molecule has 0 atom stereocenters. The molecule has 3 nitrogen and oxygen atoms in total. The summed E-state index contributed by atoms with van der Waals surface area (Å²) in [5.41, 5.74) is 1.02. The summed E-state index contributed by atoms with van der Waals surface area (Å²) in [5.74, 6) is 3.36. The zero-order valence-corrected chi connectivity index (χ0v) is 11.3. The third-order valence-electron chi connectivity index (χ3n) is 2.32. The molecule has 98 valence electrons.